The van der Waals surface area contributed by atoms with Gasteiger partial charge in [-0.1, -0.05) is 25.5 Å². The number of unbranched alkanes of at least 4 members (excludes halogenated alkanes) is 1. The monoisotopic (exact) mass is 360 g/mol. The van der Waals surface area contributed by atoms with Gasteiger partial charge in [0.05, 0.1) is 21.3 Å². The van der Waals surface area contributed by atoms with Crippen LogP contribution in [-0.4, -0.2) is 42.8 Å². The third-order valence-electron chi connectivity index (χ3n) is 4.06. The van der Waals surface area contributed by atoms with Crippen LogP contribution in [0.3, 0.4) is 0 Å². The van der Waals surface area contributed by atoms with E-state index in [-0.39, 0.29) is 11.4 Å². The summed E-state index contributed by atoms with van der Waals surface area (Å²) < 4.78 is 16.6. The van der Waals surface area contributed by atoms with E-state index in [4.69, 9.17) is 14.2 Å². The van der Waals surface area contributed by atoms with E-state index in [2.05, 4.69) is 11.9 Å². The maximum Gasteiger partial charge on any atom is 0.359 e. The summed E-state index contributed by atoms with van der Waals surface area (Å²) in [7, 11) is 4.14. The lowest BCUT2D eigenvalue weighted by atomic mass is 10.2. The molecule has 0 aliphatic rings. The fraction of sp³-hybridized carbons (Fsp3) is 0.421. The summed E-state index contributed by atoms with van der Waals surface area (Å²) in [6, 6.07) is 7.50. The van der Waals surface area contributed by atoms with Gasteiger partial charge in [0.25, 0.3) is 0 Å². The molecule has 0 radical (unpaired) electrons. The van der Waals surface area contributed by atoms with E-state index in [1.165, 1.54) is 14.2 Å². The molecule has 0 saturated heterocycles. The van der Waals surface area contributed by atoms with Crippen LogP contribution >= 0.6 is 0 Å². The van der Waals surface area contributed by atoms with Crippen LogP contribution in [0, 0.1) is 0 Å². The molecular formula is C19H24N2O5. The highest BCUT2D eigenvalue weighted by Crippen LogP contribution is 2.20. The number of nitrogens with zero attached hydrogens (tertiary/aromatic N) is 2. The van der Waals surface area contributed by atoms with Crippen LogP contribution in [-0.2, 0) is 22.4 Å². The average molecular weight is 360 g/mol. The number of esters is 2. The Kier molecular flexibility index (Phi) is 6.77. The van der Waals surface area contributed by atoms with Crippen LogP contribution in [0.1, 0.15) is 52.1 Å². The first-order valence-corrected chi connectivity index (χ1v) is 8.44. The molecule has 26 heavy (non-hydrogen) atoms. The molecule has 0 fully saturated rings. The number of carbonyl (C=O) groups excluding carboxylic acids is 2. The number of benzene rings is 1. The van der Waals surface area contributed by atoms with Crippen molar-refractivity contribution in [2.24, 2.45) is 0 Å². The molecule has 0 aliphatic carbocycles. The van der Waals surface area contributed by atoms with Crippen LogP contribution < -0.4 is 4.74 Å². The van der Waals surface area contributed by atoms with Crippen LogP contribution in [0.15, 0.2) is 24.3 Å². The first-order chi connectivity index (χ1) is 12.5. The highest BCUT2D eigenvalue weighted by atomic mass is 16.5. The van der Waals surface area contributed by atoms with E-state index in [9.17, 15) is 9.59 Å². The summed E-state index contributed by atoms with van der Waals surface area (Å²) in [5.74, 6) is 0.128. The lowest BCUT2D eigenvalue weighted by Gasteiger charge is -2.12. The third kappa shape index (κ3) is 4.22. The highest BCUT2D eigenvalue weighted by molar-refractivity contribution is 6.00. The number of rotatable bonds is 8. The highest BCUT2D eigenvalue weighted by Gasteiger charge is 2.28. The van der Waals surface area contributed by atoms with E-state index < -0.39 is 11.9 Å². The first-order valence-electron chi connectivity index (χ1n) is 8.44. The SMILES string of the molecule is CCCCc1nc(C(=O)OC)c(C(=O)OC)n1Cc1ccc(OC)cc1. The molecule has 1 aromatic carbocycles. The van der Waals surface area contributed by atoms with Gasteiger partial charge in [-0.2, -0.15) is 0 Å². The van der Waals surface area contributed by atoms with Crippen molar-refractivity contribution in [2.75, 3.05) is 21.3 Å². The van der Waals surface area contributed by atoms with Crippen molar-refractivity contribution in [2.45, 2.75) is 32.7 Å². The van der Waals surface area contributed by atoms with Crippen LogP contribution in [0.25, 0.3) is 0 Å². The molecule has 1 aromatic heterocycles. The van der Waals surface area contributed by atoms with Crippen molar-refractivity contribution in [3.8, 4) is 5.75 Å². The molecular weight excluding hydrogens is 336 g/mol. The predicted octanol–water partition coefficient (Wildman–Crippen LogP) is 2.86. The number of aryl methyl sites for hydroxylation is 1. The summed E-state index contributed by atoms with van der Waals surface area (Å²) in [6.07, 6.45) is 2.50. The van der Waals surface area contributed by atoms with Gasteiger partial charge in [0.2, 0.25) is 0 Å². The lowest BCUT2D eigenvalue weighted by Crippen LogP contribution is -2.17. The van der Waals surface area contributed by atoms with Gasteiger partial charge in [-0.25, -0.2) is 14.6 Å². The molecule has 0 aliphatic heterocycles. The summed E-state index contributed by atoms with van der Waals surface area (Å²) >= 11 is 0. The minimum atomic E-state index is -0.656. The second-order valence-electron chi connectivity index (χ2n) is 5.75. The lowest BCUT2D eigenvalue weighted by molar-refractivity contribution is 0.0544. The van der Waals surface area contributed by atoms with Gasteiger partial charge in [0, 0.05) is 13.0 Å². The predicted molar refractivity (Wildman–Crippen MR) is 95.6 cm³/mol. The van der Waals surface area contributed by atoms with E-state index >= 15 is 0 Å². The Morgan fingerprint density at radius 1 is 1.04 bits per heavy atom. The minimum Gasteiger partial charge on any atom is -0.497 e. The molecule has 140 valence electrons. The number of hydrogen-bond acceptors (Lipinski definition) is 6. The van der Waals surface area contributed by atoms with E-state index in [1.807, 2.05) is 24.3 Å². The molecule has 0 unspecified atom stereocenters. The van der Waals surface area contributed by atoms with Gasteiger partial charge in [0.1, 0.15) is 11.6 Å². The van der Waals surface area contributed by atoms with Crippen molar-refractivity contribution >= 4 is 11.9 Å². The molecule has 0 spiro atoms. The zero-order chi connectivity index (χ0) is 19.1. The van der Waals surface area contributed by atoms with Crippen molar-refractivity contribution < 1.29 is 23.8 Å². The molecule has 2 rings (SSSR count). The Bertz CT molecular complexity index is 765. The summed E-state index contributed by atoms with van der Waals surface area (Å²) in [5, 5.41) is 0. The number of methoxy groups -OCH3 is 3. The smallest absolute Gasteiger partial charge is 0.359 e. The minimum absolute atomic E-state index is 0.0148. The zero-order valence-electron chi connectivity index (χ0n) is 15.6. The molecule has 0 N–H and O–H groups in total. The van der Waals surface area contributed by atoms with E-state index in [1.54, 1.807) is 11.7 Å². The molecule has 7 nitrogen and oxygen atoms in total. The first kappa shape index (κ1) is 19.5. The fourth-order valence-corrected chi connectivity index (χ4v) is 2.65. The van der Waals surface area contributed by atoms with Crippen molar-refractivity contribution in [3.63, 3.8) is 0 Å². The van der Waals surface area contributed by atoms with Crippen LogP contribution in [0.2, 0.25) is 0 Å². The van der Waals surface area contributed by atoms with Gasteiger partial charge < -0.3 is 18.8 Å². The molecule has 0 amide bonds. The summed E-state index contributed by atoms with van der Waals surface area (Å²) in [6.45, 7) is 2.46. The third-order valence-corrected chi connectivity index (χ3v) is 4.06. The van der Waals surface area contributed by atoms with Crippen molar-refractivity contribution in [1.29, 1.82) is 0 Å². The molecule has 0 atom stereocenters. The van der Waals surface area contributed by atoms with Gasteiger partial charge in [-0.15, -0.1) is 0 Å². The maximum atomic E-state index is 12.3. The van der Waals surface area contributed by atoms with E-state index in [0.717, 1.165) is 24.2 Å². The van der Waals surface area contributed by atoms with Gasteiger partial charge in [0.15, 0.2) is 11.4 Å². The molecule has 2 aromatic rings. The van der Waals surface area contributed by atoms with E-state index in [0.29, 0.717) is 18.8 Å². The summed E-state index contributed by atoms with van der Waals surface area (Å²) in [5.41, 5.74) is 1.04. The Morgan fingerprint density at radius 3 is 2.23 bits per heavy atom. The largest absolute Gasteiger partial charge is 0.497 e. The number of carbonyl (C=O) groups is 2. The van der Waals surface area contributed by atoms with Crippen LogP contribution in [0.5, 0.6) is 5.75 Å². The Labute approximate surface area is 152 Å². The number of imidazole rings is 1. The number of aromatic nitrogens is 2. The van der Waals surface area contributed by atoms with Crippen molar-refractivity contribution in [1.82, 2.24) is 9.55 Å². The molecule has 7 heteroatoms. The summed E-state index contributed by atoms with van der Waals surface area (Å²) in [4.78, 5) is 28.8. The number of ether oxygens (including phenoxy) is 3. The van der Waals surface area contributed by atoms with Gasteiger partial charge in [-0.3, -0.25) is 0 Å². The Hall–Kier alpha value is -2.83. The average Bonchev–Trinajstić information content (AvgIpc) is 3.03. The van der Waals surface area contributed by atoms with Gasteiger partial charge >= 0.3 is 11.9 Å². The zero-order valence-corrected chi connectivity index (χ0v) is 15.6. The molecule has 0 saturated carbocycles. The maximum absolute atomic E-state index is 12.3. The van der Waals surface area contributed by atoms with Gasteiger partial charge in [-0.05, 0) is 24.1 Å². The second kappa shape index (κ2) is 9.03. The Balaban J connectivity index is 2.52. The molecule has 1 heterocycles. The van der Waals surface area contributed by atoms with Crippen molar-refractivity contribution in [3.05, 3.63) is 47.0 Å². The Morgan fingerprint density at radius 2 is 1.69 bits per heavy atom. The molecule has 0 bridgehead atoms. The normalized spacial score (nSPS) is 10.5. The topological polar surface area (TPSA) is 79.6 Å². The second-order valence-corrected chi connectivity index (χ2v) is 5.75. The standard InChI is InChI=1S/C19H24N2O5/c1-5-6-7-15-20-16(18(22)25-3)17(19(23)26-4)21(15)12-13-8-10-14(24-2)11-9-13/h8-11H,5-7,12H2,1-4H3. The van der Waals surface area contributed by atoms with Crippen LogP contribution in [0.4, 0.5) is 0 Å². The number of hydrogen-bond donors (Lipinski definition) is 0. The quantitative estimate of drug-likeness (QED) is 0.674. The fourth-order valence-electron chi connectivity index (χ4n) is 2.65.